The molecule has 1 unspecified atom stereocenters. The Morgan fingerprint density at radius 1 is 1.40 bits per heavy atom. The van der Waals surface area contributed by atoms with Crippen molar-refractivity contribution in [2.45, 2.75) is 25.5 Å². The highest BCUT2D eigenvalue weighted by Crippen LogP contribution is 2.25. The lowest BCUT2D eigenvalue weighted by atomic mass is 10.2. The van der Waals surface area contributed by atoms with E-state index in [9.17, 15) is 0 Å². The van der Waals surface area contributed by atoms with Crippen molar-refractivity contribution in [2.24, 2.45) is 0 Å². The third kappa shape index (κ3) is 1.51. The zero-order valence-electron chi connectivity index (χ0n) is 8.47. The van der Waals surface area contributed by atoms with Crippen molar-refractivity contribution in [1.82, 2.24) is 14.5 Å². The van der Waals surface area contributed by atoms with E-state index in [-0.39, 0.29) is 6.23 Å². The number of hydrogen-bond donors (Lipinski definition) is 0. The van der Waals surface area contributed by atoms with E-state index in [4.69, 9.17) is 4.74 Å². The van der Waals surface area contributed by atoms with Crippen LogP contribution in [0.5, 0.6) is 0 Å². The van der Waals surface area contributed by atoms with Crippen molar-refractivity contribution >= 4 is 11.0 Å². The number of aromatic nitrogens is 3. The molecule has 1 aliphatic heterocycles. The fourth-order valence-electron chi connectivity index (χ4n) is 2.06. The highest BCUT2D eigenvalue weighted by atomic mass is 16.5. The predicted molar refractivity (Wildman–Crippen MR) is 56.4 cm³/mol. The molecule has 0 saturated carbocycles. The lowest BCUT2D eigenvalue weighted by molar-refractivity contribution is -0.0295. The van der Waals surface area contributed by atoms with E-state index in [1.165, 1.54) is 12.8 Å². The Bertz CT molecular complexity index is 460. The van der Waals surface area contributed by atoms with Gasteiger partial charge in [-0.05, 0) is 25.3 Å². The van der Waals surface area contributed by atoms with Gasteiger partial charge < -0.3 is 9.30 Å². The van der Waals surface area contributed by atoms with Crippen LogP contribution in [0, 0.1) is 0 Å². The van der Waals surface area contributed by atoms with Crippen LogP contribution in [0.3, 0.4) is 0 Å². The molecule has 0 bridgehead atoms. The Labute approximate surface area is 87.9 Å². The monoisotopic (exact) mass is 203 g/mol. The average molecular weight is 203 g/mol. The van der Waals surface area contributed by atoms with Gasteiger partial charge in [0.05, 0.1) is 18.0 Å². The highest BCUT2D eigenvalue weighted by molar-refractivity contribution is 5.73. The molecule has 2 aromatic rings. The molecule has 4 heteroatoms. The number of nitrogens with zero attached hydrogens (tertiary/aromatic N) is 3. The molecular weight excluding hydrogens is 190 g/mol. The maximum Gasteiger partial charge on any atom is 0.135 e. The lowest BCUT2D eigenvalue weighted by Crippen LogP contribution is -2.17. The maximum absolute atomic E-state index is 5.73. The van der Waals surface area contributed by atoms with Crippen LogP contribution in [0.1, 0.15) is 25.5 Å². The van der Waals surface area contributed by atoms with E-state index in [2.05, 4.69) is 14.5 Å². The summed E-state index contributed by atoms with van der Waals surface area (Å²) < 4.78 is 7.84. The van der Waals surface area contributed by atoms with Gasteiger partial charge in [0, 0.05) is 12.8 Å². The second-order valence-electron chi connectivity index (χ2n) is 3.84. The zero-order valence-corrected chi connectivity index (χ0v) is 8.47. The minimum atomic E-state index is 0.158. The Kier molecular flexibility index (Phi) is 2.14. The molecule has 0 aliphatic carbocycles. The summed E-state index contributed by atoms with van der Waals surface area (Å²) >= 11 is 0. The molecule has 78 valence electrons. The van der Waals surface area contributed by atoms with Gasteiger partial charge in [0.1, 0.15) is 11.7 Å². The Balaban J connectivity index is 2.02. The number of hydrogen-bond acceptors (Lipinski definition) is 3. The standard InChI is InChI=1S/C11H13N3O/c1-2-6-15-11(3-1)14-8-13-9-7-12-5-4-10(9)14/h4-5,7-8,11H,1-3,6H2. The topological polar surface area (TPSA) is 39.9 Å². The normalized spacial score (nSPS) is 22.0. The molecular formula is C11H13N3O. The minimum absolute atomic E-state index is 0.158. The molecule has 0 aromatic carbocycles. The van der Waals surface area contributed by atoms with Crippen molar-refractivity contribution in [2.75, 3.05) is 6.61 Å². The van der Waals surface area contributed by atoms with Crippen molar-refractivity contribution in [1.29, 1.82) is 0 Å². The number of fused-ring (bicyclic) bond motifs is 1. The summed E-state index contributed by atoms with van der Waals surface area (Å²) in [5.41, 5.74) is 2.04. The second-order valence-corrected chi connectivity index (χ2v) is 3.84. The smallest absolute Gasteiger partial charge is 0.135 e. The van der Waals surface area contributed by atoms with Crippen LogP contribution in [0.2, 0.25) is 0 Å². The zero-order chi connectivity index (χ0) is 10.1. The van der Waals surface area contributed by atoms with Crippen molar-refractivity contribution in [3.05, 3.63) is 24.8 Å². The number of pyridine rings is 1. The predicted octanol–water partition coefficient (Wildman–Crippen LogP) is 2.13. The molecule has 1 saturated heterocycles. The van der Waals surface area contributed by atoms with Gasteiger partial charge >= 0.3 is 0 Å². The summed E-state index contributed by atoms with van der Waals surface area (Å²) in [5.74, 6) is 0. The summed E-state index contributed by atoms with van der Waals surface area (Å²) in [5, 5.41) is 0. The summed E-state index contributed by atoms with van der Waals surface area (Å²) in [7, 11) is 0. The molecule has 0 amide bonds. The van der Waals surface area contributed by atoms with E-state index >= 15 is 0 Å². The van der Waals surface area contributed by atoms with Crippen LogP contribution in [0.25, 0.3) is 11.0 Å². The maximum atomic E-state index is 5.73. The molecule has 1 fully saturated rings. The molecule has 4 nitrogen and oxygen atoms in total. The molecule has 0 spiro atoms. The van der Waals surface area contributed by atoms with E-state index in [0.717, 1.165) is 24.1 Å². The van der Waals surface area contributed by atoms with Gasteiger partial charge in [-0.15, -0.1) is 0 Å². The molecule has 0 radical (unpaired) electrons. The van der Waals surface area contributed by atoms with Gasteiger partial charge in [-0.1, -0.05) is 0 Å². The Morgan fingerprint density at radius 3 is 3.27 bits per heavy atom. The first-order valence-electron chi connectivity index (χ1n) is 5.33. The summed E-state index contributed by atoms with van der Waals surface area (Å²) in [6, 6.07) is 1.99. The Hall–Kier alpha value is -1.42. The van der Waals surface area contributed by atoms with E-state index in [1.54, 1.807) is 12.4 Å². The minimum Gasteiger partial charge on any atom is -0.358 e. The van der Waals surface area contributed by atoms with Crippen LogP contribution in [-0.4, -0.2) is 21.1 Å². The SMILES string of the molecule is c1cc2c(cn1)ncn2C1CCCCO1. The van der Waals surface area contributed by atoms with Crippen molar-refractivity contribution < 1.29 is 4.74 Å². The quantitative estimate of drug-likeness (QED) is 0.712. The molecule has 3 heterocycles. The number of imidazole rings is 1. The molecule has 3 rings (SSSR count). The molecule has 1 aliphatic rings. The lowest BCUT2D eigenvalue weighted by Gasteiger charge is -2.24. The van der Waals surface area contributed by atoms with Crippen LogP contribution in [0.15, 0.2) is 24.8 Å². The van der Waals surface area contributed by atoms with Crippen molar-refractivity contribution in [3.63, 3.8) is 0 Å². The third-order valence-electron chi connectivity index (χ3n) is 2.84. The average Bonchev–Trinajstić information content (AvgIpc) is 2.74. The van der Waals surface area contributed by atoms with Gasteiger partial charge in [-0.25, -0.2) is 4.98 Å². The first-order chi connectivity index (χ1) is 7.45. The van der Waals surface area contributed by atoms with E-state index in [0.29, 0.717) is 0 Å². The molecule has 2 aromatic heterocycles. The molecule has 1 atom stereocenters. The van der Waals surface area contributed by atoms with Crippen LogP contribution < -0.4 is 0 Å². The van der Waals surface area contributed by atoms with Gasteiger partial charge in [0.2, 0.25) is 0 Å². The number of rotatable bonds is 1. The first kappa shape index (κ1) is 8.85. The fraction of sp³-hybridized carbons (Fsp3) is 0.455. The molecule has 0 N–H and O–H groups in total. The van der Waals surface area contributed by atoms with Gasteiger partial charge in [-0.2, -0.15) is 0 Å². The van der Waals surface area contributed by atoms with E-state index in [1.807, 2.05) is 12.4 Å². The van der Waals surface area contributed by atoms with Gasteiger partial charge in [0.25, 0.3) is 0 Å². The largest absolute Gasteiger partial charge is 0.358 e. The number of ether oxygens (including phenoxy) is 1. The van der Waals surface area contributed by atoms with Crippen LogP contribution in [0.4, 0.5) is 0 Å². The fourth-order valence-corrected chi connectivity index (χ4v) is 2.06. The van der Waals surface area contributed by atoms with Crippen LogP contribution >= 0.6 is 0 Å². The van der Waals surface area contributed by atoms with Gasteiger partial charge in [0.15, 0.2) is 0 Å². The summed E-state index contributed by atoms with van der Waals surface area (Å²) in [6.45, 7) is 0.857. The summed E-state index contributed by atoms with van der Waals surface area (Å²) in [4.78, 5) is 8.37. The third-order valence-corrected chi connectivity index (χ3v) is 2.84. The highest BCUT2D eigenvalue weighted by Gasteiger charge is 2.17. The van der Waals surface area contributed by atoms with Crippen molar-refractivity contribution in [3.8, 4) is 0 Å². The Morgan fingerprint density at radius 2 is 2.40 bits per heavy atom. The molecule has 15 heavy (non-hydrogen) atoms. The summed E-state index contributed by atoms with van der Waals surface area (Å²) in [6.07, 6.45) is 9.07. The second kappa shape index (κ2) is 3.62. The van der Waals surface area contributed by atoms with Gasteiger partial charge in [-0.3, -0.25) is 4.98 Å². The van der Waals surface area contributed by atoms with Crippen LogP contribution in [-0.2, 0) is 4.74 Å². The first-order valence-corrected chi connectivity index (χ1v) is 5.33. The van der Waals surface area contributed by atoms with E-state index < -0.39 is 0 Å².